The fourth-order valence-electron chi connectivity index (χ4n) is 1.32. The number of aliphatic hydroxyl groups is 2. The van der Waals surface area contributed by atoms with Gasteiger partial charge < -0.3 is 14.9 Å². The molecule has 80 valence electrons. The van der Waals surface area contributed by atoms with Crippen LogP contribution in [0.2, 0.25) is 0 Å². The van der Waals surface area contributed by atoms with Crippen molar-refractivity contribution in [3.8, 4) is 0 Å². The van der Waals surface area contributed by atoms with Gasteiger partial charge in [-0.3, -0.25) is 0 Å². The Morgan fingerprint density at radius 1 is 1.23 bits per heavy atom. The van der Waals surface area contributed by atoms with Crippen molar-refractivity contribution in [3.63, 3.8) is 0 Å². The Bertz CT molecular complexity index is 117. The van der Waals surface area contributed by atoms with E-state index in [-0.39, 0.29) is 5.92 Å². The molecule has 0 saturated heterocycles. The maximum Gasteiger partial charge on any atom is 0.0825 e. The SMILES string of the molecule is CCCC(O)C(O)C(C)CCOC. The summed E-state index contributed by atoms with van der Waals surface area (Å²) in [4.78, 5) is 0. The predicted octanol–water partition coefficient (Wildman–Crippen LogP) is 1.18. The molecule has 0 saturated carbocycles. The van der Waals surface area contributed by atoms with Gasteiger partial charge in [-0.15, -0.1) is 0 Å². The van der Waals surface area contributed by atoms with E-state index in [0.29, 0.717) is 13.0 Å². The van der Waals surface area contributed by atoms with E-state index in [2.05, 4.69) is 0 Å². The van der Waals surface area contributed by atoms with Crippen LogP contribution in [0.3, 0.4) is 0 Å². The molecule has 2 N–H and O–H groups in total. The first-order valence-electron chi connectivity index (χ1n) is 4.98. The van der Waals surface area contributed by atoms with E-state index in [1.807, 2.05) is 13.8 Å². The zero-order valence-electron chi connectivity index (χ0n) is 8.86. The smallest absolute Gasteiger partial charge is 0.0825 e. The fourth-order valence-corrected chi connectivity index (χ4v) is 1.32. The third-order valence-electron chi connectivity index (χ3n) is 2.34. The summed E-state index contributed by atoms with van der Waals surface area (Å²) in [5, 5.41) is 19.1. The van der Waals surface area contributed by atoms with Crippen molar-refractivity contribution in [2.45, 2.75) is 45.3 Å². The van der Waals surface area contributed by atoms with Gasteiger partial charge in [-0.2, -0.15) is 0 Å². The van der Waals surface area contributed by atoms with Gasteiger partial charge in [-0.1, -0.05) is 20.3 Å². The molecule has 0 aromatic carbocycles. The van der Waals surface area contributed by atoms with Crippen molar-refractivity contribution in [3.05, 3.63) is 0 Å². The molecule has 3 atom stereocenters. The standard InChI is InChI=1S/C10H22O3/c1-4-5-9(11)10(12)8(2)6-7-13-3/h8-12H,4-7H2,1-3H3. The number of ether oxygens (including phenoxy) is 1. The largest absolute Gasteiger partial charge is 0.390 e. The Hall–Kier alpha value is -0.120. The van der Waals surface area contributed by atoms with E-state index in [0.717, 1.165) is 12.8 Å². The molecule has 0 bridgehead atoms. The molecule has 3 nitrogen and oxygen atoms in total. The second-order valence-corrected chi connectivity index (χ2v) is 3.61. The van der Waals surface area contributed by atoms with Crippen LogP contribution in [0.1, 0.15) is 33.1 Å². The molecular formula is C10H22O3. The van der Waals surface area contributed by atoms with Gasteiger partial charge in [0.15, 0.2) is 0 Å². The second-order valence-electron chi connectivity index (χ2n) is 3.61. The van der Waals surface area contributed by atoms with Crippen molar-refractivity contribution in [1.82, 2.24) is 0 Å². The predicted molar refractivity (Wildman–Crippen MR) is 52.6 cm³/mol. The molecule has 0 heterocycles. The average Bonchev–Trinajstić information content (AvgIpc) is 2.13. The molecule has 13 heavy (non-hydrogen) atoms. The minimum absolute atomic E-state index is 0.0986. The fraction of sp³-hybridized carbons (Fsp3) is 1.00. The Balaban J connectivity index is 3.71. The van der Waals surface area contributed by atoms with Crippen molar-refractivity contribution >= 4 is 0 Å². The van der Waals surface area contributed by atoms with Crippen molar-refractivity contribution in [2.24, 2.45) is 5.92 Å². The summed E-state index contributed by atoms with van der Waals surface area (Å²) in [5.74, 6) is 0.0986. The summed E-state index contributed by atoms with van der Waals surface area (Å²) in [7, 11) is 1.64. The van der Waals surface area contributed by atoms with Crippen LogP contribution in [0.15, 0.2) is 0 Å². The lowest BCUT2D eigenvalue weighted by Gasteiger charge is -2.23. The summed E-state index contributed by atoms with van der Waals surface area (Å²) in [6.07, 6.45) is 1.15. The zero-order valence-corrected chi connectivity index (χ0v) is 8.86. The minimum atomic E-state index is -0.616. The average molecular weight is 190 g/mol. The first kappa shape index (κ1) is 12.9. The van der Waals surface area contributed by atoms with Gasteiger partial charge in [-0.05, 0) is 18.8 Å². The lowest BCUT2D eigenvalue weighted by molar-refractivity contribution is -0.0236. The summed E-state index contributed by atoms with van der Waals surface area (Å²) in [6.45, 7) is 4.56. The second kappa shape index (κ2) is 7.30. The van der Waals surface area contributed by atoms with E-state index >= 15 is 0 Å². The van der Waals surface area contributed by atoms with E-state index in [1.165, 1.54) is 0 Å². The Morgan fingerprint density at radius 3 is 2.31 bits per heavy atom. The van der Waals surface area contributed by atoms with Crippen LogP contribution in [0.5, 0.6) is 0 Å². The van der Waals surface area contributed by atoms with Crippen LogP contribution in [0.25, 0.3) is 0 Å². The Labute approximate surface area is 80.7 Å². The number of methoxy groups -OCH3 is 1. The van der Waals surface area contributed by atoms with E-state index in [4.69, 9.17) is 4.74 Å². The van der Waals surface area contributed by atoms with Crippen molar-refractivity contribution < 1.29 is 14.9 Å². The van der Waals surface area contributed by atoms with E-state index in [1.54, 1.807) is 7.11 Å². The molecule has 0 aliphatic carbocycles. The molecule has 0 rings (SSSR count). The summed E-state index contributed by atoms with van der Waals surface area (Å²) in [5.41, 5.74) is 0. The van der Waals surface area contributed by atoms with Crippen LogP contribution in [-0.2, 0) is 4.74 Å². The molecule has 0 aliphatic heterocycles. The molecule has 0 fully saturated rings. The lowest BCUT2D eigenvalue weighted by Crippen LogP contribution is -2.32. The van der Waals surface area contributed by atoms with Crippen LogP contribution in [0, 0.1) is 5.92 Å². The van der Waals surface area contributed by atoms with E-state index < -0.39 is 12.2 Å². The highest BCUT2D eigenvalue weighted by atomic mass is 16.5. The zero-order chi connectivity index (χ0) is 10.3. The maximum absolute atomic E-state index is 9.64. The highest BCUT2D eigenvalue weighted by molar-refractivity contribution is 4.72. The molecule has 0 aromatic heterocycles. The first-order valence-corrected chi connectivity index (χ1v) is 4.98. The van der Waals surface area contributed by atoms with Gasteiger partial charge in [0, 0.05) is 13.7 Å². The highest BCUT2D eigenvalue weighted by Gasteiger charge is 2.21. The van der Waals surface area contributed by atoms with Gasteiger partial charge in [-0.25, -0.2) is 0 Å². The summed E-state index contributed by atoms with van der Waals surface area (Å²) < 4.78 is 4.91. The number of hydrogen-bond acceptors (Lipinski definition) is 3. The molecule has 0 radical (unpaired) electrons. The van der Waals surface area contributed by atoms with Gasteiger partial charge in [0.2, 0.25) is 0 Å². The number of rotatable bonds is 7. The Morgan fingerprint density at radius 2 is 1.85 bits per heavy atom. The normalized spacial score (nSPS) is 18.2. The molecular weight excluding hydrogens is 168 g/mol. The lowest BCUT2D eigenvalue weighted by atomic mass is 9.95. The molecule has 3 heteroatoms. The van der Waals surface area contributed by atoms with Crippen LogP contribution < -0.4 is 0 Å². The minimum Gasteiger partial charge on any atom is -0.390 e. The van der Waals surface area contributed by atoms with Gasteiger partial charge >= 0.3 is 0 Å². The first-order chi connectivity index (χ1) is 6.13. The van der Waals surface area contributed by atoms with Crippen LogP contribution in [-0.4, -0.2) is 36.1 Å². The van der Waals surface area contributed by atoms with Gasteiger partial charge in [0.25, 0.3) is 0 Å². The third-order valence-corrected chi connectivity index (χ3v) is 2.34. The Kier molecular flexibility index (Phi) is 7.23. The van der Waals surface area contributed by atoms with Gasteiger partial charge in [0.1, 0.15) is 0 Å². The third kappa shape index (κ3) is 5.24. The number of aliphatic hydroxyl groups excluding tert-OH is 2. The van der Waals surface area contributed by atoms with Crippen molar-refractivity contribution in [2.75, 3.05) is 13.7 Å². The summed E-state index contributed by atoms with van der Waals surface area (Å²) >= 11 is 0. The monoisotopic (exact) mass is 190 g/mol. The van der Waals surface area contributed by atoms with Crippen molar-refractivity contribution in [1.29, 1.82) is 0 Å². The molecule has 0 aliphatic rings. The molecule has 0 amide bonds. The maximum atomic E-state index is 9.64. The van der Waals surface area contributed by atoms with Gasteiger partial charge in [0.05, 0.1) is 12.2 Å². The quantitative estimate of drug-likeness (QED) is 0.634. The molecule has 3 unspecified atom stereocenters. The molecule has 0 spiro atoms. The van der Waals surface area contributed by atoms with Crippen LogP contribution >= 0.6 is 0 Å². The van der Waals surface area contributed by atoms with E-state index in [9.17, 15) is 10.2 Å². The summed E-state index contributed by atoms with van der Waals surface area (Å²) in [6, 6.07) is 0. The topological polar surface area (TPSA) is 49.7 Å². The molecule has 0 aromatic rings. The number of hydrogen-bond donors (Lipinski definition) is 2. The van der Waals surface area contributed by atoms with Crippen LogP contribution in [0.4, 0.5) is 0 Å². The highest BCUT2D eigenvalue weighted by Crippen LogP contribution is 2.14.